The minimum atomic E-state index is -0.0760. The molecule has 1 unspecified atom stereocenters. The first-order valence-corrected chi connectivity index (χ1v) is 9.54. The van der Waals surface area contributed by atoms with Crippen LogP contribution in [-0.2, 0) is 4.79 Å². The van der Waals surface area contributed by atoms with Gasteiger partial charge in [0.25, 0.3) is 0 Å². The van der Waals surface area contributed by atoms with Gasteiger partial charge in [-0.2, -0.15) is 0 Å². The van der Waals surface area contributed by atoms with Crippen molar-refractivity contribution in [3.63, 3.8) is 0 Å². The maximum atomic E-state index is 12.5. The van der Waals surface area contributed by atoms with Crippen molar-refractivity contribution >= 4 is 29.3 Å². The van der Waals surface area contributed by atoms with Gasteiger partial charge in [0, 0.05) is 17.4 Å². The molecule has 5 heteroatoms. The Morgan fingerprint density at radius 1 is 1.27 bits per heavy atom. The SMILES string of the molecule is Cc1c(C(NC(=O)CCC2CCNCC2)C(C)C)oc2ccccc12.Cl. The van der Waals surface area contributed by atoms with E-state index in [-0.39, 0.29) is 30.3 Å². The van der Waals surface area contributed by atoms with Gasteiger partial charge in [-0.1, -0.05) is 32.0 Å². The molecule has 4 nitrogen and oxygen atoms in total. The van der Waals surface area contributed by atoms with E-state index < -0.39 is 0 Å². The Bertz CT molecular complexity index is 720. The molecule has 26 heavy (non-hydrogen) atoms. The van der Waals surface area contributed by atoms with Crippen molar-refractivity contribution in [3.8, 4) is 0 Å². The number of carbonyl (C=O) groups excluding carboxylic acids is 1. The summed E-state index contributed by atoms with van der Waals surface area (Å²) < 4.78 is 6.09. The van der Waals surface area contributed by atoms with E-state index in [1.165, 1.54) is 12.8 Å². The number of piperidine rings is 1. The molecule has 2 aromatic rings. The minimum absolute atomic E-state index is 0. The fourth-order valence-corrected chi connectivity index (χ4v) is 3.78. The first kappa shape index (κ1) is 20.8. The zero-order valence-corrected chi connectivity index (χ0v) is 16.8. The monoisotopic (exact) mass is 378 g/mol. The average Bonchev–Trinajstić information content (AvgIpc) is 2.95. The van der Waals surface area contributed by atoms with Gasteiger partial charge in [-0.3, -0.25) is 4.79 Å². The quantitative estimate of drug-likeness (QED) is 0.762. The third-order valence-electron chi connectivity index (χ3n) is 5.38. The van der Waals surface area contributed by atoms with Crippen LogP contribution in [0, 0.1) is 18.8 Å². The van der Waals surface area contributed by atoms with Crippen LogP contribution >= 0.6 is 12.4 Å². The summed E-state index contributed by atoms with van der Waals surface area (Å²) in [7, 11) is 0. The van der Waals surface area contributed by atoms with E-state index >= 15 is 0 Å². The highest BCUT2D eigenvalue weighted by molar-refractivity contribution is 5.85. The van der Waals surface area contributed by atoms with E-state index in [0.29, 0.717) is 12.3 Å². The van der Waals surface area contributed by atoms with Gasteiger partial charge in [-0.15, -0.1) is 12.4 Å². The zero-order chi connectivity index (χ0) is 17.8. The molecule has 1 atom stereocenters. The number of nitrogens with one attached hydrogen (secondary N) is 2. The molecule has 0 aliphatic carbocycles. The maximum Gasteiger partial charge on any atom is 0.220 e. The first-order valence-electron chi connectivity index (χ1n) is 9.54. The number of benzene rings is 1. The number of fused-ring (bicyclic) bond motifs is 1. The molecule has 3 rings (SSSR count). The van der Waals surface area contributed by atoms with Crippen molar-refractivity contribution in [2.45, 2.75) is 52.5 Å². The highest BCUT2D eigenvalue weighted by Gasteiger charge is 2.25. The second kappa shape index (κ2) is 9.43. The van der Waals surface area contributed by atoms with Crippen LogP contribution in [0.1, 0.15) is 56.9 Å². The maximum absolute atomic E-state index is 12.5. The standard InChI is InChI=1S/C21H30N2O2.ClH/c1-14(2)20(21-15(3)17-6-4-5-7-18(17)25-21)23-19(24)9-8-16-10-12-22-13-11-16;/h4-7,14,16,20,22H,8-13H2,1-3H3,(H,23,24);1H. The Hall–Kier alpha value is -1.52. The molecular formula is C21H31ClN2O2. The van der Waals surface area contributed by atoms with E-state index in [2.05, 4.69) is 37.5 Å². The summed E-state index contributed by atoms with van der Waals surface area (Å²) in [4.78, 5) is 12.5. The van der Waals surface area contributed by atoms with Crippen LogP contribution in [-0.4, -0.2) is 19.0 Å². The molecule has 2 heterocycles. The summed E-state index contributed by atoms with van der Waals surface area (Å²) >= 11 is 0. The van der Waals surface area contributed by atoms with E-state index in [0.717, 1.165) is 41.8 Å². The van der Waals surface area contributed by atoms with E-state index in [1.54, 1.807) is 0 Å². The van der Waals surface area contributed by atoms with Crippen LogP contribution in [0.25, 0.3) is 11.0 Å². The summed E-state index contributed by atoms with van der Waals surface area (Å²) in [6, 6.07) is 8.00. The third-order valence-corrected chi connectivity index (χ3v) is 5.38. The molecule has 0 radical (unpaired) electrons. The van der Waals surface area contributed by atoms with Gasteiger partial charge in [0.05, 0.1) is 6.04 Å². The molecule has 1 aliphatic rings. The second-order valence-electron chi connectivity index (χ2n) is 7.61. The molecule has 1 saturated heterocycles. The number of hydrogen-bond donors (Lipinski definition) is 2. The summed E-state index contributed by atoms with van der Waals surface area (Å²) in [6.45, 7) is 8.50. The van der Waals surface area contributed by atoms with Crippen molar-refractivity contribution < 1.29 is 9.21 Å². The highest BCUT2D eigenvalue weighted by Crippen LogP contribution is 2.33. The lowest BCUT2D eigenvalue weighted by molar-refractivity contribution is -0.122. The molecule has 0 saturated carbocycles. The van der Waals surface area contributed by atoms with Crippen LogP contribution < -0.4 is 10.6 Å². The summed E-state index contributed by atoms with van der Waals surface area (Å²) in [5.41, 5.74) is 2.03. The van der Waals surface area contributed by atoms with Gasteiger partial charge >= 0.3 is 0 Å². The van der Waals surface area contributed by atoms with E-state index in [4.69, 9.17) is 4.42 Å². The zero-order valence-electron chi connectivity index (χ0n) is 16.0. The number of amides is 1. The highest BCUT2D eigenvalue weighted by atomic mass is 35.5. The summed E-state index contributed by atoms with van der Waals surface area (Å²) in [5.74, 6) is 1.99. The van der Waals surface area contributed by atoms with Crippen LogP contribution in [0.3, 0.4) is 0 Å². The number of aryl methyl sites for hydroxylation is 1. The number of carbonyl (C=O) groups is 1. The van der Waals surface area contributed by atoms with Crippen LogP contribution in [0.4, 0.5) is 0 Å². The number of hydrogen-bond acceptors (Lipinski definition) is 3. The predicted molar refractivity (Wildman–Crippen MR) is 109 cm³/mol. The minimum Gasteiger partial charge on any atom is -0.459 e. The Morgan fingerprint density at radius 2 is 1.96 bits per heavy atom. The Balaban J connectivity index is 0.00000243. The van der Waals surface area contributed by atoms with E-state index in [9.17, 15) is 4.79 Å². The van der Waals surface area contributed by atoms with Crippen molar-refractivity contribution in [1.82, 2.24) is 10.6 Å². The smallest absolute Gasteiger partial charge is 0.220 e. The third kappa shape index (κ3) is 4.80. The number of furan rings is 1. The van der Waals surface area contributed by atoms with Crippen molar-refractivity contribution in [3.05, 3.63) is 35.6 Å². The average molecular weight is 379 g/mol. The number of rotatable bonds is 6. The Labute approximate surface area is 162 Å². The molecule has 2 N–H and O–H groups in total. The van der Waals surface area contributed by atoms with Gasteiger partial charge in [0.2, 0.25) is 5.91 Å². The lowest BCUT2D eigenvalue weighted by Crippen LogP contribution is -2.33. The lowest BCUT2D eigenvalue weighted by Gasteiger charge is -2.24. The Morgan fingerprint density at radius 3 is 2.62 bits per heavy atom. The molecule has 1 fully saturated rings. The fourth-order valence-electron chi connectivity index (χ4n) is 3.78. The van der Waals surface area contributed by atoms with Crippen molar-refractivity contribution in [1.29, 1.82) is 0 Å². The van der Waals surface area contributed by atoms with Crippen molar-refractivity contribution in [2.75, 3.05) is 13.1 Å². The van der Waals surface area contributed by atoms with Crippen LogP contribution in [0.15, 0.2) is 28.7 Å². The molecular weight excluding hydrogens is 348 g/mol. The second-order valence-corrected chi connectivity index (χ2v) is 7.61. The van der Waals surface area contributed by atoms with Crippen LogP contribution in [0.2, 0.25) is 0 Å². The van der Waals surface area contributed by atoms with Crippen LogP contribution in [0.5, 0.6) is 0 Å². The topological polar surface area (TPSA) is 54.3 Å². The van der Waals surface area contributed by atoms with Crippen molar-refractivity contribution in [2.24, 2.45) is 11.8 Å². The fraction of sp³-hybridized carbons (Fsp3) is 0.571. The first-order chi connectivity index (χ1) is 12.1. The lowest BCUT2D eigenvalue weighted by atomic mass is 9.92. The van der Waals surface area contributed by atoms with E-state index in [1.807, 2.05) is 18.2 Å². The van der Waals surface area contributed by atoms with Gasteiger partial charge < -0.3 is 15.1 Å². The number of para-hydroxylation sites is 1. The largest absolute Gasteiger partial charge is 0.459 e. The molecule has 0 bridgehead atoms. The number of halogens is 1. The van der Waals surface area contributed by atoms with Gasteiger partial charge in [0.15, 0.2) is 0 Å². The summed E-state index contributed by atoms with van der Waals surface area (Å²) in [6.07, 6.45) is 3.96. The molecule has 1 aromatic carbocycles. The predicted octanol–water partition coefficient (Wildman–Crippen LogP) is 4.76. The Kier molecular flexibility index (Phi) is 7.54. The molecule has 0 spiro atoms. The molecule has 1 aromatic heterocycles. The van der Waals surface area contributed by atoms with Gasteiger partial charge in [-0.25, -0.2) is 0 Å². The summed E-state index contributed by atoms with van der Waals surface area (Å²) in [5, 5.41) is 7.73. The normalized spacial score (nSPS) is 16.5. The molecule has 1 aliphatic heterocycles. The van der Waals surface area contributed by atoms with Gasteiger partial charge in [-0.05, 0) is 57.2 Å². The molecule has 1 amide bonds. The molecule has 144 valence electrons. The van der Waals surface area contributed by atoms with Gasteiger partial charge in [0.1, 0.15) is 11.3 Å².